The van der Waals surface area contributed by atoms with Gasteiger partial charge in [-0.15, -0.1) is 0 Å². The van der Waals surface area contributed by atoms with Crippen molar-refractivity contribution < 1.29 is 4.79 Å². The predicted octanol–water partition coefficient (Wildman–Crippen LogP) is 2.71. The highest BCUT2D eigenvalue weighted by atomic mass is 16.1. The van der Waals surface area contributed by atoms with Crippen LogP contribution < -0.4 is 5.32 Å². The van der Waals surface area contributed by atoms with Crippen molar-refractivity contribution in [1.82, 2.24) is 5.32 Å². The summed E-state index contributed by atoms with van der Waals surface area (Å²) in [6, 6.07) is 6.14. The Labute approximate surface area is 97.1 Å². The van der Waals surface area contributed by atoms with Crippen molar-refractivity contribution in [1.29, 1.82) is 0 Å². The molecule has 1 aliphatic rings. The fourth-order valence-electron chi connectivity index (χ4n) is 2.22. The number of hydrogen-bond donors (Lipinski definition) is 1. The van der Waals surface area contributed by atoms with E-state index in [9.17, 15) is 4.79 Å². The molecule has 2 rings (SSSR count). The van der Waals surface area contributed by atoms with Crippen LogP contribution >= 0.6 is 0 Å². The maximum absolute atomic E-state index is 11.8. The van der Waals surface area contributed by atoms with Crippen LogP contribution in [0.25, 0.3) is 0 Å². The van der Waals surface area contributed by atoms with E-state index in [1.807, 2.05) is 6.07 Å². The van der Waals surface area contributed by atoms with Gasteiger partial charge in [0.05, 0.1) is 0 Å². The maximum atomic E-state index is 11.8. The molecule has 1 amide bonds. The first kappa shape index (κ1) is 11.2. The first-order chi connectivity index (χ1) is 7.81. The van der Waals surface area contributed by atoms with Gasteiger partial charge in [0.15, 0.2) is 0 Å². The normalized spacial score (nSPS) is 14.3. The molecule has 0 saturated heterocycles. The molecule has 0 aromatic heterocycles. The van der Waals surface area contributed by atoms with Crippen LogP contribution in [0, 0.1) is 0 Å². The summed E-state index contributed by atoms with van der Waals surface area (Å²) < 4.78 is 0. The van der Waals surface area contributed by atoms with Gasteiger partial charge in [0.25, 0.3) is 5.91 Å². The third kappa shape index (κ3) is 2.43. The smallest absolute Gasteiger partial charge is 0.251 e. The molecule has 0 spiro atoms. The Bertz CT molecular complexity index is 384. The number of carbonyl (C=O) groups is 1. The molecule has 0 saturated carbocycles. The van der Waals surface area contributed by atoms with Crippen LogP contribution in [-0.4, -0.2) is 12.5 Å². The van der Waals surface area contributed by atoms with Gasteiger partial charge in [-0.1, -0.05) is 13.0 Å². The predicted molar refractivity (Wildman–Crippen MR) is 65.7 cm³/mol. The van der Waals surface area contributed by atoms with Gasteiger partial charge in [-0.2, -0.15) is 0 Å². The lowest BCUT2D eigenvalue weighted by Crippen LogP contribution is -2.24. The van der Waals surface area contributed by atoms with Crippen molar-refractivity contribution in [2.75, 3.05) is 6.54 Å². The topological polar surface area (TPSA) is 29.1 Å². The van der Waals surface area contributed by atoms with Gasteiger partial charge in [0, 0.05) is 12.1 Å². The molecule has 0 fully saturated rings. The third-order valence-electron chi connectivity index (χ3n) is 3.15. The minimum atomic E-state index is 0.0650. The van der Waals surface area contributed by atoms with Crippen LogP contribution in [0.1, 0.15) is 47.7 Å². The molecule has 2 heteroatoms. The van der Waals surface area contributed by atoms with Gasteiger partial charge >= 0.3 is 0 Å². The zero-order valence-electron chi connectivity index (χ0n) is 9.88. The van der Waals surface area contributed by atoms with Crippen molar-refractivity contribution in [3.05, 3.63) is 34.9 Å². The summed E-state index contributed by atoms with van der Waals surface area (Å²) in [6.07, 6.45) is 5.83. The lowest BCUT2D eigenvalue weighted by molar-refractivity contribution is 0.0953. The van der Waals surface area contributed by atoms with Crippen LogP contribution in [0.3, 0.4) is 0 Å². The van der Waals surface area contributed by atoms with Crippen LogP contribution in [-0.2, 0) is 12.8 Å². The molecule has 0 heterocycles. The third-order valence-corrected chi connectivity index (χ3v) is 3.15. The molecule has 86 valence electrons. The number of nitrogens with one attached hydrogen (secondary N) is 1. The summed E-state index contributed by atoms with van der Waals surface area (Å²) in [5.74, 6) is 0.0650. The minimum absolute atomic E-state index is 0.0650. The summed E-state index contributed by atoms with van der Waals surface area (Å²) in [4.78, 5) is 11.8. The molecule has 0 bridgehead atoms. The summed E-state index contributed by atoms with van der Waals surface area (Å²) in [7, 11) is 0. The zero-order chi connectivity index (χ0) is 11.4. The monoisotopic (exact) mass is 217 g/mol. The second-order valence-electron chi connectivity index (χ2n) is 4.45. The first-order valence-electron chi connectivity index (χ1n) is 6.21. The van der Waals surface area contributed by atoms with Crippen molar-refractivity contribution in [2.24, 2.45) is 0 Å². The summed E-state index contributed by atoms with van der Waals surface area (Å²) in [5, 5.41) is 2.92. The zero-order valence-corrected chi connectivity index (χ0v) is 9.88. The molecule has 0 unspecified atom stereocenters. The summed E-state index contributed by atoms with van der Waals surface area (Å²) >= 11 is 0. The number of carbonyl (C=O) groups excluding carboxylic acids is 1. The van der Waals surface area contributed by atoms with E-state index in [-0.39, 0.29) is 5.91 Å². The van der Waals surface area contributed by atoms with Crippen molar-refractivity contribution in [2.45, 2.75) is 39.0 Å². The summed E-state index contributed by atoms with van der Waals surface area (Å²) in [6.45, 7) is 2.82. The Morgan fingerprint density at radius 1 is 1.25 bits per heavy atom. The molecular formula is C14H19NO. The highest BCUT2D eigenvalue weighted by Gasteiger charge is 2.12. The number of amides is 1. The molecule has 16 heavy (non-hydrogen) atoms. The molecular weight excluding hydrogens is 198 g/mol. The molecule has 1 aromatic rings. The Morgan fingerprint density at radius 2 is 2.00 bits per heavy atom. The molecule has 1 N–H and O–H groups in total. The highest BCUT2D eigenvalue weighted by Crippen LogP contribution is 2.22. The molecule has 0 radical (unpaired) electrons. The number of fused-ring (bicyclic) bond motifs is 1. The fraction of sp³-hybridized carbons (Fsp3) is 0.500. The standard InChI is InChI=1S/C14H19NO/c1-2-9-15-14(16)13-8-7-11-5-3-4-6-12(11)10-13/h7-8,10H,2-6,9H2,1H3,(H,15,16). The van der Waals surface area contributed by atoms with Crippen LogP contribution in [0.15, 0.2) is 18.2 Å². The van der Waals surface area contributed by atoms with E-state index < -0.39 is 0 Å². The molecule has 1 aliphatic carbocycles. The number of hydrogen-bond acceptors (Lipinski definition) is 1. The minimum Gasteiger partial charge on any atom is -0.352 e. The average Bonchev–Trinajstić information content (AvgIpc) is 2.35. The largest absolute Gasteiger partial charge is 0.352 e. The van der Waals surface area contributed by atoms with Gasteiger partial charge in [0.2, 0.25) is 0 Å². The van der Waals surface area contributed by atoms with Crippen molar-refractivity contribution in [3.63, 3.8) is 0 Å². The SMILES string of the molecule is CCCNC(=O)c1ccc2c(c1)CCCC2. The van der Waals surface area contributed by atoms with E-state index in [0.29, 0.717) is 0 Å². The quantitative estimate of drug-likeness (QED) is 0.828. The lowest BCUT2D eigenvalue weighted by atomic mass is 9.90. The van der Waals surface area contributed by atoms with Gasteiger partial charge in [0.1, 0.15) is 0 Å². The van der Waals surface area contributed by atoms with E-state index >= 15 is 0 Å². The van der Waals surface area contributed by atoms with Gasteiger partial charge < -0.3 is 5.32 Å². The number of aryl methyl sites for hydroxylation is 2. The molecule has 1 aromatic carbocycles. The summed E-state index contributed by atoms with van der Waals surface area (Å²) in [5.41, 5.74) is 3.61. The van der Waals surface area contributed by atoms with Crippen molar-refractivity contribution >= 4 is 5.91 Å². The van der Waals surface area contributed by atoms with Crippen molar-refractivity contribution in [3.8, 4) is 0 Å². The van der Waals surface area contributed by atoms with Gasteiger partial charge in [-0.05, 0) is 55.4 Å². The first-order valence-corrected chi connectivity index (χ1v) is 6.21. The Kier molecular flexibility index (Phi) is 3.60. The Balaban J connectivity index is 2.13. The lowest BCUT2D eigenvalue weighted by Gasteiger charge is -2.16. The Hall–Kier alpha value is -1.31. The van der Waals surface area contributed by atoms with E-state index in [0.717, 1.165) is 24.9 Å². The van der Waals surface area contributed by atoms with Crippen LogP contribution in [0.2, 0.25) is 0 Å². The van der Waals surface area contributed by atoms with E-state index in [2.05, 4.69) is 24.4 Å². The molecule has 2 nitrogen and oxygen atoms in total. The van der Waals surface area contributed by atoms with Crippen LogP contribution in [0.4, 0.5) is 0 Å². The molecule has 0 atom stereocenters. The highest BCUT2D eigenvalue weighted by molar-refractivity contribution is 5.94. The van der Waals surface area contributed by atoms with Gasteiger partial charge in [-0.25, -0.2) is 0 Å². The maximum Gasteiger partial charge on any atom is 0.251 e. The molecule has 0 aliphatic heterocycles. The number of benzene rings is 1. The average molecular weight is 217 g/mol. The van der Waals surface area contributed by atoms with E-state index in [1.165, 1.54) is 30.4 Å². The van der Waals surface area contributed by atoms with Gasteiger partial charge in [-0.3, -0.25) is 4.79 Å². The van der Waals surface area contributed by atoms with E-state index in [4.69, 9.17) is 0 Å². The number of rotatable bonds is 3. The second-order valence-corrected chi connectivity index (χ2v) is 4.45. The second kappa shape index (κ2) is 5.15. The fourth-order valence-corrected chi connectivity index (χ4v) is 2.22. The van der Waals surface area contributed by atoms with E-state index in [1.54, 1.807) is 0 Å². The Morgan fingerprint density at radius 3 is 2.75 bits per heavy atom. The van der Waals surface area contributed by atoms with Crippen LogP contribution in [0.5, 0.6) is 0 Å².